The van der Waals surface area contributed by atoms with Crippen molar-refractivity contribution in [2.75, 3.05) is 0 Å². The lowest BCUT2D eigenvalue weighted by Gasteiger charge is -2.18. The minimum absolute atomic E-state index is 0.0912. The minimum Gasteiger partial charge on any atom is -0.423 e. The third-order valence-electron chi connectivity index (χ3n) is 5.44. The number of carbonyl (C=O) groups excluding carboxylic acids is 2. The number of fused-ring (bicyclic) bond motifs is 2. The second-order valence-corrected chi connectivity index (χ2v) is 7.44. The van der Waals surface area contributed by atoms with Crippen LogP contribution in [-0.2, 0) is 9.59 Å². The third-order valence-corrected chi connectivity index (χ3v) is 5.44. The molecule has 4 heteroatoms. The van der Waals surface area contributed by atoms with Crippen molar-refractivity contribution < 1.29 is 19.1 Å². The smallest absolute Gasteiger partial charge is 0.340 e. The third kappa shape index (κ3) is 3.52. The zero-order valence-corrected chi connectivity index (χ0v) is 15.5. The van der Waals surface area contributed by atoms with Crippen molar-refractivity contribution in [3.8, 4) is 11.5 Å². The van der Waals surface area contributed by atoms with Crippen molar-refractivity contribution in [2.45, 2.75) is 33.1 Å². The Labute approximate surface area is 158 Å². The molecule has 0 heterocycles. The average Bonchev–Trinajstić information content (AvgIpc) is 3.27. The first-order valence-electron chi connectivity index (χ1n) is 9.33. The lowest BCUT2D eigenvalue weighted by Crippen LogP contribution is -2.24. The predicted octanol–water partition coefficient (Wildman–Crippen LogP) is 4.54. The molecule has 1 fully saturated rings. The van der Waals surface area contributed by atoms with Gasteiger partial charge in [0.25, 0.3) is 0 Å². The van der Waals surface area contributed by atoms with Gasteiger partial charge in [0.1, 0.15) is 11.5 Å². The molecule has 1 saturated carbocycles. The summed E-state index contributed by atoms with van der Waals surface area (Å²) in [6.07, 6.45) is 2.67. The van der Waals surface area contributed by atoms with E-state index in [1.165, 1.54) is 0 Å². The molecule has 0 amide bonds. The van der Waals surface area contributed by atoms with Crippen LogP contribution in [0.4, 0.5) is 0 Å². The summed E-state index contributed by atoms with van der Waals surface area (Å²) in [7, 11) is 0. The first-order valence-corrected chi connectivity index (χ1v) is 9.33. The van der Waals surface area contributed by atoms with Crippen molar-refractivity contribution in [2.24, 2.45) is 11.8 Å². The van der Waals surface area contributed by atoms with Crippen LogP contribution in [0.2, 0.25) is 0 Å². The number of esters is 2. The number of hydrogen-bond acceptors (Lipinski definition) is 4. The molecule has 0 spiro atoms. The predicted molar refractivity (Wildman–Crippen MR) is 101 cm³/mol. The summed E-state index contributed by atoms with van der Waals surface area (Å²) < 4.78 is 11.1. The molecule has 0 aromatic heterocycles. The quantitative estimate of drug-likeness (QED) is 0.592. The van der Waals surface area contributed by atoms with Crippen LogP contribution in [0.1, 0.15) is 30.4 Å². The van der Waals surface area contributed by atoms with Gasteiger partial charge >= 0.3 is 11.9 Å². The summed E-state index contributed by atoms with van der Waals surface area (Å²) in [5.74, 6) is 0.310. The van der Waals surface area contributed by atoms with Crippen molar-refractivity contribution >= 4 is 11.9 Å². The first kappa shape index (κ1) is 17.5. The highest BCUT2D eigenvalue weighted by molar-refractivity contribution is 6.03. The molecular formula is C23H22O4. The van der Waals surface area contributed by atoms with Crippen molar-refractivity contribution in [1.29, 1.82) is 0 Å². The van der Waals surface area contributed by atoms with E-state index in [2.05, 4.69) is 0 Å². The molecule has 2 unspecified atom stereocenters. The van der Waals surface area contributed by atoms with Gasteiger partial charge in [0.2, 0.25) is 0 Å². The Morgan fingerprint density at radius 2 is 1.07 bits per heavy atom. The Bertz CT molecular complexity index is 831. The van der Waals surface area contributed by atoms with Crippen LogP contribution in [0.5, 0.6) is 11.5 Å². The van der Waals surface area contributed by atoms with Crippen LogP contribution in [0.3, 0.4) is 0 Å². The molecule has 0 N–H and O–H groups in total. The Kier molecular flexibility index (Phi) is 4.56. The van der Waals surface area contributed by atoms with Gasteiger partial charge in [-0.3, -0.25) is 0 Å². The Hall–Kier alpha value is -2.88. The van der Waals surface area contributed by atoms with Crippen molar-refractivity contribution in [3.63, 3.8) is 0 Å². The Morgan fingerprint density at radius 3 is 1.44 bits per heavy atom. The summed E-state index contributed by atoms with van der Waals surface area (Å²) in [6.45, 7) is 3.95. The lowest BCUT2D eigenvalue weighted by molar-refractivity contribution is -0.133. The molecular weight excluding hydrogens is 340 g/mol. The van der Waals surface area contributed by atoms with Crippen LogP contribution in [-0.4, -0.2) is 11.9 Å². The molecule has 2 bridgehead atoms. The maximum absolute atomic E-state index is 12.8. The zero-order valence-electron chi connectivity index (χ0n) is 15.5. The molecule has 138 valence electrons. The first-order chi connectivity index (χ1) is 13.0. The maximum Gasteiger partial charge on any atom is 0.340 e. The maximum atomic E-state index is 12.8. The molecule has 4 nitrogen and oxygen atoms in total. The Balaban J connectivity index is 1.58. The van der Waals surface area contributed by atoms with E-state index in [0.29, 0.717) is 22.6 Å². The number of carbonyl (C=O) groups is 2. The van der Waals surface area contributed by atoms with Gasteiger partial charge in [0, 0.05) is 0 Å². The summed E-state index contributed by atoms with van der Waals surface area (Å²) >= 11 is 0. The minimum atomic E-state index is -0.429. The number of rotatable bonds is 4. The molecule has 2 atom stereocenters. The number of hydrogen-bond donors (Lipinski definition) is 0. The van der Waals surface area contributed by atoms with Crippen molar-refractivity contribution in [3.05, 3.63) is 70.8 Å². The molecule has 2 aliphatic rings. The monoisotopic (exact) mass is 362 g/mol. The van der Waals surface area contributed by atoms with Crippen LogP contribution >= 0.6 is 0 Å². The van der Waals surface area contributed by atoms with E-state index in [-0.39, 0.29) is 11.8 Å². The highest BCUT2D eigenvalue weighted by atomic mass is 16.5. The lowest BCUT2D eigenvalue weighted by atomic mass is 9.91. The molecule has 0 aliphatic heterocycles. The van der Waals surface area contributed by atoms with E-state index in [0.717, 1.165) is 30.4 Å². The highest BCUT2D eigenvalue weighted by Gasteiger charge is 2.46. The van der Waals surface area contributed by atoms with E-state index in [4.69, 9.17) is 9.47 Å². The molecule has 2 aromatic rings. The zero-order chi connectivity index (χ0) is 19.0. The van der Waals surface area contributed by atoms with Crippen LogP contribution in [0, 0.1) is 25.7 Å². The molecule has 0 saturated heterocycles. The molecule has 27 heavy (non-hydrogen) atoms. The summed E-state index contributed by atoms with van der Waals surface area (Å²) in [4.78, 5) is 25.6. The molecule has 0 radical (unpaired) electrons. The fourth-order valence-electron chi connectivity index (χ4n) is 4.04. The van der Waals surface area contributed by atoms with E-state index >= 15 is 0 Å². The van der Waals surface area contributed by atoms with Gasteiger partial charge in [0.15, 0.2) is 0 Å². The van der Waals surface area contributed by atoms with Crippen LogP contribution < -0.4 is 9.47 Å². The van der Waals surface area contributed by atoms with E-state index < -0.39 is 11.9 Å². The van der Waals surface area contributed by atoms with Gasteiger partial charge in [-0.25, -0.2) is 9.59 Å². The van der Waals surface area contributed by atoms with E-state index in [1.54, 1.807) is 24.3 Å². The fraction of sp³-hybridized carbons (Fsp3) is 0.304. The number of ether oxygens (including phenoxy) is 2. The van der Waals surface area contributed by atoms with Crippen LogP contribution in [0.15, 0.2) is 59.7 Å². The van der Waals surface area contributed by atoms with E-state index in [9.17, 15) is 9.59 Å². The number of benzene rings is 2. The fourth-order valence-corrected chi connectivity index (χ4v) is 4.04. The summed E-state index contributed by atoms with van der Waals surface area (Å²) in [6, 6.07) is 14.6. The average molecular weight is 362 g/mol. The summed E-state index contributed by atoms with van der Waals surface area (Å²) in [5, 5.41) is 0. The van der Waals surface area contributed by atoms with Crippen molar-refractivity contribution in [1.82, 2.24) is 0 Å². The largest absolute Gasteiger partial charge is 0.423 e. The van der Waals surface area contributed by atoms with Gasteiger partial charge in [-0.1, -0.05) is 35.4 Å². The topological polar surface area (TPSA) is 52.6 Å². The molecule has 2 aliphatic carbocycles. The van der Waals surface area contributed by atoms with E-state index in [1.807, 2.05) is 38.1 Å². The van der Waals surface area contributed by atoms with Gasteiger partial charge in [-0.2, -0.15) is 0 Å². The standard InChI is InChI=1S/C23H22O4/c1-14-3-9-18(10-4-14)26-22(24)20-16-7-8-17(13-16)21(20)23(25)27-19-11-5-15(2)6-12-19/h3-6,9-12,16-17H,7-8,13H2,1-2H3. The normalized spacial score (nSPS) is 20.7. The molecule has 2 aromatic carbocycles. The highest BCUT2D eigenvalue weighted by Crippen LogP contribution is 2.49. The van der Waals surface area contributed by atoms with Gasteiger partial charge < -0.3 is 9.47 Å². The summed E-state index contributed by atoms with van der Waals surface area (Å²) in [5.41, 5.74) is 3.19. The SMILES string of the molecule is Cc1ccc(OC(=O)C2=C(C(=O)Oc3ccc(C)cc3)C3CCC2C3)cc1. The van der Waals surface area contributed by atoms with Gasteiger partial charge in [-0.15, -0.1) is 0 Å². The molecule has 4 rings (SSSR count). The number of aryl methyl sites for hydroxylation is 2. The van der Waals surface area contributed by atoms with Gasteiger partial charge in [0.05, 0.1) is 11.1 Å². The Morgan fingerprint density at radius 1 is 0.704 bits per heavy atom. The second kappa shape index (κ2) is 7.03. The second-order valence-electron chi connectivity index (χ2n) is 7.44. The van der Waals surface area contributed by atoms with Gasteiger partial charge in [-0.05, 0) is 69.2 Å². The van der Waals surface area contributed by atoms with Crippen LogP contribution in [0.25, 0.3) is 0 Å².